The van der Waals surface area contributed by atoms with Gasteiger partial charge in [0.15, 0.2) is 5.94 Å². The Balaban J connectivity index is 1.73. The van der Waals surface area contributed by atoms with Gasteiger partial charge >= 0.3 is 0 Å². The van der Waals surface area contributed by atoms with Gasteiger partial charge in [-0.05, 0) is 23.8 Å². The highest BCUT2D eigenvalue weighted by molar-refractivity contribution is 8.00. The van der Waals surface area contributed by atoms with Crippen LogP contribution in [0.3, 0.4) is 0 Å². The highest BCUT2D eigenvalue weighted by Crippen LogP contribution is 2.21. The average Bonchev–Trinajstić information content (AvgIpc) is 2.36. The summed E-state index contributed by atoms with van der Waals surface area (Å²) in [6.07, 6.45) is 0. The third kappa shape index (κ3) is 4.33. The SMILES string of the molecule is Clc1cccc(O[CH]SCc2ccccc2)c1. The van der Waals surface area contributed by atoms with Gasteiger partial charge in [-0.2, -0.15) is 0 Å². The van der Waals surface area contributed by atoms with Crippen LogP contribution >= 0.6 is 23.4 Å². The fraction of sp³-hybridized carbons (Fsp3) is 0.0714. The highest BCUT2D eigenvalue weighted by Gasteiger charge is 1.97. The summed E-state index contributed by atoms with van der Waals surface area (Å²) in [4.78, 5) is 0. The smallest absolute Gasteiger partial charge is 0.191 e. The molecule has 0 amide bonds. The fourth-order valence-electron chi connectivity index (χ4n) is 1.33. The molecule has 0 aliphatic rings. The van der Waals surface area contributed by atoms with E-state index in [2.05, 4.69) is 12.1 Å². The Labute approximate surface area is 111 Å². The van der Waals surface area contributed by atoms with Crippen molar-refractivity contribution in [2.75, 3.05) is 0 Å². The van der Waals surface area contributed by atoms with Gasteiger partial charge in [0.2, 0.25) is 0 Å². The van der Waals surface area contributed by atoms with E-state index < -0.39 is 0 Å². The lowest BCUT2D eigenvalue weighted by Gasteiger charge is -2.05. The molecule has 17 heavy (non-hydrogen) atoms. The van der Waals surface area contributed by atoms with Gasteiger partial charge in [0.1, 0.15) is 5.75 Å². The standard InChI is InChI=1S/C14H12ClOS/c15-13-7-4-8-14(9-13)16-11-17-10-12-5-2-1-3-6-12/h1-9,11H,10H2. The van der Waals surface area contributed by atoms with Gasteiger partial charge in [-0.1, -0.05) is 48.0 Å². The van der Waals surface area contributed by atoms with Crippen molar-refractivity contribution in [3.8, 4) is 5.75 Å². The topological polar surface area (TPSA) is 9.23 Å². The van der Waals surface area contributed by atoms with E-state index in [9.17, 15) is 0 Å². The Bertz CT molecular complexity index is 459. The Hall–Kier alpha value is -1.12. The minimum atomic E-state index is 0.684. The molecule has 0 saturated carbocycles. The van der Waals surface area contributed by atoms with Crippen LogP contribution in [0.4, 0.5) is 0 Å². The van der Waals surface area contributed by atoms with Crippen LogP contribution in [0.2, 0.25) is 5.02 Å². The van der Waals surface area contributed by atoms with Crippen LogP contribution in [0.1, 0.15) is 5.56 Å². The lowest BCUT2D eigenvalue weighted by molar-refractivity contribution is 0.457. The number of halogens is 1. The maximum atomic E-state index is 5.85. The summed E-state index contributed by atoms with van der Waals surface area (Å²) >= 11 is 7.47. The van der Waals surface area contributed by atoms with Gasteiger partial charge in [-0.15, -0.1) is 11.8 Å². The lowest BCUT2D eigenvalue weighted by Crippen LogP contribution is -1.87. The second kappa shape index (κ2) is 6.58. The second-order valence-electron chi connectivity index (χ2n) is 3.47. The van der Waals surface area contributed by atoms with E-state index in [1.165, 1.54) is 5.56 Å². The first-order chi connectivity index (χ1) is 8.34. The molecular weight excluding hydrogens is 252 g/mol. The molecule has 0 heterocycles. The maximum Gasteiger partial charge on any atom is 0.191 e. The zero-order valence-corrected chi connectivity index (χ0v) is 10.7. The number of hydrogen-bond acceptors (Lipinski definition) is 2. The third-order valence-corrected chi connectivity index (χ3v) is 3.11. The summed E-state index contributed by atoms with van der Waals surface area (Å²) in [6.45, 7) is 0. The van der Waals surface area contributed by atoms with Crippen LogP contribution in [0.25, 0.3) is 0 Å². The van der Waals surface area contributed by atoms with Crippen molar-refractivity contribution in [1.29, 1.82) is 0 Å². The highest BCUT2D eigenvalue weighted by atomic mass is 35.5. The fourth-order valence-corrected chi connectivity index (χ4v) is 2.15. The zero-order valence-electron chi connectivity index (χ0n) is 9.18. The minimum Gasteiger partial charge on any atom is -0.475 e. The monoisotopic (exact) mass is 263 g/mol. The van der Waals surface area contributed by atoms with E-state index in [0.717, 1.165) is 11.5 Å². The normalized spacial score (nSPS) is 10.2. The number of rotatable bonds is 5. The molecule has 0 unspecified atom stereocenters. The summed E-state index contributed by atoms with van der Waals surface area (Å²) in [5, 5.41) is 0.684. The summed E-state index contributed by atoms with van der Waals surface area (Å²) < 4.78 is 5.46. The van der Waals surface area contributed by atoms with Crippen LogP contribution < -0.4 is 4.74 Å². The molecule has 2 aromatic carbocycles. The van der Waals surface area contributed by atoms with Crippen molar-refractivity contribution in [1.82, 2.24) is 0 Å². The van der Waals surface area contributed by atoms with E-state index in [1.807, 2.05) is 36.4 Å². The summed E-state index contributed by atoms with van der Waals surface area (Å²) in [5.41, 5.74) is 1.28. The van der Waals surface area contributed by atoms with E-state index >= 15 is 0 Å². The summed E-state index contributed by atoms with van der Waals surface area (Å²) in [5.74, 6) is 3.40. The molecule has 2 rings (SSSR count). The number of thioether (sulfide) groups is 1. The first-order valence-electron chi connectivity index (χ1n) is 5.24. The molecule has 0 saturated heterocycles. The molecule has 0 bridgehead atoms. The van der Waals surface area contributed by atoms with Gasteiger partial charge in [-0.25, -0.2) is 0 Å². The molecule has 3 heteroatoms. The quantitative estimate of drug-likeness (QED) is 0.719. The van der Waals surface area contributed by atoms with Gasteiger partial charge in [0.05, 0.1) is 0 Å². The lowest BCUT2D eigenvalue weighted by atomic mass is 10.2. The predicted molar refractivity (Wildman–Crippen MR) is 74.1 cm³/mol. The average molecular weight is 264 g/mol. The van der Waals surface area contributed by atoms with E-state index in [1.54, 1.807) is 23.8 Å². The first kappa shape index (κ1) is 12.3. The van der Waals surface area contributed by atoms with Crippen molar-refractivity contribution < 1.29 is 4.74 Å². The molecule has 0 aliphatic heterocycles. The number of hydrogen-bond donors (Lipinski definition) is 0. The Kier molecular flexibility index (Phi) is 4.77. The Morgan fingerprint density at radius 1 is 1.06 bits per heavy atom. The molecule has 1 nitrogen and oxygen atoms in total. The molecule has 0 aromatic heterocycles. The Morgan fingerprint density at radius 3 is 2.65 bits per heavy atom. The van der Waals surface area contributed by atoms with Crippen molar-refractivity contribution in [3.05, 3.63) is 71.1 Å². The predicted octanol–water partition coefficient (Wildman–Crippen LogP) is 4.77. The molecule has 0 N–H and O–H groups in total. The first-order valence-corrected chi connectivity index (χ1v) is 6.67. The van der Waals surface area contributed by atoms with Crippen LogP contribution in [-0.2, 0) is 5.75 Å². The van der Waals surface area contributed by atoms with Gasteiger partial charge in [0.25, 0.3) is 0 Å². The molecule has 2 aromatic rings. The van der Waals surface area contributed by atoms with Crippen LogP contribution in [-0.4, -0.2) is 0 Å². The van der Waals surface area contributed by atoms with Crippen molar-refractivity contribution in [3.63, 3.8) is 0 Å². The van der Waals surface area contributed by atoms with E-state index in [-0.39, 0.29) is 0 Å². The van der Waals surface area contributed by atoms with Gasteiger partial charge in [-0.3, -0.25) is 0 Å². The Morgan fingerprint density at radius 2 is 1.88 bits per heavy atom. The number of benzene rings is 2. The molecule has 1 radical (unpaired) electrons. The maximum absolute atomic E-state index is 5.85. The minimum absolute atomic E-state index is 0.684. The summed E-state index contributed by atoms with van der Waals surface area (Å²) in [6, 6.07) is 17.6. The van der Waals surface area contributed by atoms with Crippen molar-refractivity contribution in [2.24, 2.45) is 0 Å². The van der Waals surface area contributed by atoms with Crippen LogP contribution in [0, 0.1) is 5.94 Å². The largest absolute Gasteiger partial charge is 0.475 e. The van der Waals surface area contributed by atoms with Crippen LogP contribution in [0.15, 0.2) is 54.6 Å². The van der Waals surface area contributed by atoms with Gasteiger partial charge in [0, 0.05) is 10.8 Å². The molecule has 0 fully saturated rings. The summed E-state index contributed by atoms with van der Waals surface area (Å²) in [7, 11) is 0. The molecule has 87 valence electrons. The molecule has 0 atom stereocenters. The molecule has 0 aliphatic carbocycles. The van der Waals surface area contributed by atoms with E-state index in [0.29, 0.717) is 5.02 Å². The van der Waals surface area contributed by atoms with Crippen molar-refractivity contribution >= 4 is 23.4 Å². The van der Waals surface area contributed by atoms with Crippen LogP contribution in [0.5, 0.6) is 5.75 Å². The zero-order chi connectivity index (χ0) is 11.9. The van der Waals surface area contributed by atoms with E-state index in [4.69, 9.17) is 16.3 Å². The van der Waals surface area contributed by atoms with Crippen molar-refractivity contribution in [2.45, 2.75) is 5.75 Å². The van der Waals surface area contributed by atoms with Gasteiger partial charge < -0.3 is 4.74 Å². The third-order valence-electron chi connectivity index (χ3n) is 2.14. The number of ether oxygens (including phenoxy) is 1. The second-order valence-corrected chi connectivity index (χ2v) is 4.72. The molecule has 0 spiro atoms. The molecular formula is C14H12ClOS.